The van der Waals surface area contributed by atoms with Crippen molar-refractivity contribution >= 4 is 5.91 Å². The maximum Gasteiger partial charge on any atom is 0.234 e. The Bertz CT molecular complexity index is 224. The molecular weight excluding hydrogens is 202 g/mol. The molecule has 0 aromatic rings. The number of carbonyl (C=O) groups excluding carboxylic acids is 1. The molecule has 0 spiro atoms. The van der Waals surface area contributed by atoms with Gasteiger partial charge in [-0.15, -0.1) is 6.58 Å². The molecule has 0 aromatic heterocycles. The van der Waals surface area contributed by atoms with Crippen LogP contribution in [0.5, 0.6) is 0 Å². The van der Waals surface area contributed by atoms with Crippen molar-refractivity contribution in [3.8, 4) is 0 Å². The van der Waals surface area contributed by atoms with Crippen LogP contribution in [0, 0.1) is 0 Å². The molecule has 92 valence electrons. The number of nitrogens with zero attached hydrogens (tertiary/aromatic N) is 1. The first kappa shape index (κ1) is 13.2. The van der Waals surface area contributed by atoms with Crippen LogP contribution in [0.2, 0.25) is 0 Å². The molecule has 0 aliphatic carbocycles. The Hall–Kier alpha value is -0.870. The van der Waals surface area contributed by atoms with Gasteiger partial charge < -0.3 is 10.6 Å². The molecule has 2 N–H and O–H groups in total. The van der Waals surface area contributed by atoms with Crippen LogP contribution < -0.4 is 10.6 Å². The highest BCUT2D eigenvalue weighted by Crippen LogP contribution is 2.10. The normalized spacial score (nSPS) is 18.3. The lowest BCUT2D eigenvalue weighted by Crippen LogP contribution is -2.43. The number of amides is 1. The Morgan fingerprint density at radius 1 is 1.50 bits per heavy atom. The fourth-order valence-corrected chi connectivity index (χ4v) is 1.92. The van der Waals surface area contributed by atoms with Gasteiger partial charge >= 0.3 is 0 Å². The van der Waals surface area contributed by atoms with Gasteiger partial charge in [-0.1, -0.05) is 6.08 Å². The fraction of sp³-hybridized carbons (Fsp3) is 0.750. The van der Waals surface area contributed by atoms with Crippen molar-refractivity contribution in [2.75, 3.05) is 32.7 Å². The molecule has 1 heterocycles. The Kier molecular flexibility index (Phi) is 6.11. The molecule has 0 aromatic carbocycles. The number of hydrogen-bond donors (Lipinski definition) is 2. The van der Waals surface area contributed by atoms with Crippen LogP contribution in [0.4, 0.5) is 0 Å². The van der Waals surface area contributed by atoms with Crippen LogP contribution >= 0.6 is 0 Å². The van der Waals surface area contributed by atoms with E-state index in [0.29, 0.717) is 19.1 Å². The second-order valence-corrected chi connectivity index (χ2v) is 4.32. The molecule has 0 bridgehead atoms. The lowest BCUT2D eigenvalue weighted by Gasteiger charge is -2.23. The van der Waals surface area contributed by atoms with Gasteiger partial charge in [0.2, 0.25) is 5.91 Å². The highest BCUT2D eigenvalue weighted by molar-refractivity contribution is 5.78. The van der Waals surface area contributed by atoms with E-state index in [1.165, 1.54) is 25.9 Å². The van der Waals surface area contributed by atoms with Gasteiger partial charge in [-0.25, -0.2) is 0 Å². The summed E-state index contributed by atoms with van der Waals surface area (Å²) in [5.74, 6) is 0.0629. The molecule has 1 aliphatic rings. The zero-order valence-electron chi connectivity index (χ0n) is 10.2. The minimum absolute atomic E-state index is 0.0629. The Morgan fingerprint density at radius 2 is 2.19 bits per heavy atom. The number of likely N-dealkylation sites (tertiary alicyclic amines) is 1. The van der Waals surface area contributed by atoms with Gasteiger partial charge in [0, 0.05) is 19.1 Å². The molecule has 1 amide bonds. The van der Waals surface area contributed by atoms with Crippen molar-refractivity contribution in [3.05, 3.63) is 12.7 Å². The van der Waals surface area contributed by atoms with Crippen molar-refractivity contribution < 1.29 is 4.79 Å². The van der Waals surface area contributed by atoms with Gasteiger partial charge in [0.05, 0.1) is 6.54 Å². The highest BCUT2D eigenvalue weighted by Gasteiger charge is 2.17. The Balaban J connectivity index is 2.08. The molecule has 4 heteroatoms. The van der Waals surface area contributed by atoms with E-state index in [1.54, 1.807) is 6.08 Å². The van der Waals surface area contributed by atoms with Crippen LogP contribution in [-0.4, -0.2) is 49.6 Å². The molecule has 1 atom stereocenters. The van der Waals surface area contributed by atoms with Gasteiger partial charge in [0.1, 0.15) is 0 Å². The van der Waals surface area contributed by atoms with Crippen molar-refractivity contribution in [2.24, 2.45) is 0 Å². The monoisotopic (exact) mass is 225 g/mol. The third-order valence-corrected chi connectivity index (χ3v) is 2.93. The fourth-order valence-electron chi connectivity index (χ4n) is 1.92. The molecule has 0 radical (unpaired) electrons. The lowest BCUT2D eigenvalue weighted by atomic mass is 10.3. The first-order valence-corrected chi connectivity index (χ1v) is 6.06. The van der Waals surface area contributed by atoms with E-state index in [9.17, 15) is 4.79 Å². The minimum atomic E-state index is 0.0629. The topological polar surface area (TPSA) is 44.4 Å². The quantitative estimate of drug-likeness (QED) is 0.486. The average molecular weight is 225 g/mol. The minimum Gasteiger partial charge on any atom is -0.353 e. The molecule has 0 saturated carbocycles. The summed E-state index contributed by atoms with van der Waals surface area (Å²) in [5.41, 5.74) is 0. The predicted molar refractivity (Wildman–Crippen MR) is 66.3 cm³/mol. The average Bonchev–Trinajstić information content (AvgIpc) is 2.79. The standard InChI is InChI=1S/C12H23N3O/c1-3-6-13-10-12(16)14-9-11(2)15-7-4-5-8-15/h3,11,13H,1,4-10H2,2H3,(H,14,16). The third kappa shape index (κ3) is 4.77. The van der Waals surface area contributed by atoms with E-state index in [2.05, 4.69) is 29.0 Å². The largest absolute Gasteiger partial charge is 0.353 e. The molecule has 1 unspecified atom stereocenters. The molecule has 1 aliphatic heterocycles. The van der Waals surface area contributed by atoms with E-state index >= 15 is 0 Å². The molecule has 1 fully saturated rings. The van der Waals surface area contributed by atoms with Crippen LogP contribution in [0.3, 0.4) is 0 Å². The van der Waals surface area contributed by atoms with Crippen molar-refractivity contribution in [3.63, 3.8) is 0 Å². The van der Waals surface area contributed by atoms with E-state index < -0.39 is 0 Å². The summed E-state index contributed by atoms with van der Waals surface area (Å²) in [6.45, 7) is 9.89. The molecule has 1 rings (SSSR count). The SMILES string of the molecule is C=CCNCC(=O)NCC(C)N1CCCC1. The van der Waals surface area contributed by atoms with Crippen LogP contribution in [0.1, 0.15) is 19.8 Å². The third-order valence-electron chi connectivity index (χ3n) is 2.93. The van der Waals surface area contributed by atoms with Crippen LogP contribution in [0.15, 0.2) is 12.7 Å². The first-order chi connectivity index (χ1) is 7.74. The van der Waals surface area contributed by atoms with Gasteiger partial charge in [0.15, 0.2) is 0 Å². The second kappa shape index (κ2) is 7.41. The van der Waals surface area contributed by atoms with Gasteiger partial charge in [-0.3, -0.25) is 9.69 Å². The summed E-state index contributed by atoms with van der Waals surface area (Å²) in [5, 5.41) is 5.93. The lowest BCUT2D eigenvalue weighted by molar-refractivity contribution is -0.120. The summed E-state index contributed by atoms with van der Waals surface area (Å²) in [6, 6.07) is 0.450. The van der Waals surface area contributed by atoms with Crippen molar-refractivity contribution in [2.45, 2.75) is 25.8 Å². The number of rotatable bonds is 7. The van der Waals surface area contributed by atoms with Crippen LogP contribution in [0.25, 0.3) is 0 Å². The van der Waals surface area contributed by atoms with Gasteiger partial charge in [-0.2, -0.15) is 0 Å². The first-order valence-electron chi connectivity index (χ1n) is 6.06. The van der Waals surface area contributed by atoms with Crippen molar-refractivity contribution in [1.29, 1.82) is 0 Å². The summed E-state index contributed by atoms with van der Waals surface area (Å²) in [6.07, 6.45) is 4.33. The molecule has 16 heavy (non-hydrogen) atoms. The maximum absolute atomic E-state index is 11.4. The summed E-state index contributed by atoms with van der Waals surface area (Å²) >= 11 is 0. The number of carbonyl (C=O) groups is 1. The van der Waals surface area contributed by atoms with Gasteiger partial charge in [0.25, 0.3) is 0 Å². The maximum atomic E-state index is 11.4. The zero-order valence-corrected chi connectivity index (χ0v) is 10.2. The highest BCUT2D eigenvalue weighted by atomic mass is 16.1. The van der Waals surface area contributed by atoms with E-state index in [1.807, 2.05) is 0 Å². The number of nitrogens with one attached hydrogen (secondary N) is 2. The zero-order chi connectivity index (χ0) is 11.8. The van der Waals surface area contributed by atoms with E-state index in [-0.39, 0.29) is 5.91 Å². The van der Waals surface area contributed by atoms with E-state index in [0.717, 1.165) is 6.54 Å². The molecule has 1 saturated heterocycles. The Labute approximate surface area is 98.1 Å². The summed E-state index contributed by atoms with van der Waals surface area (Å²) in [7, 11) is 0. The van der Waals surface area contributed by atoms with Gasteiger partial charge in [-0.05, 0) is 32.9 Å². The Morgan fingerprint density at radius 3 is 2.81 bits per heavy atom. The molecule has 4 nitrogen and oxygen atoms in total. The van der Waals surface area contributed by atoms with E-state index in [4.69, 9.17) is 0 Å². The van der Waals surface area contributed by atoms with Crippen LogP contribution in [-0.2, 0) is 4.79 Å². The summed E-state index contributed by atoms with van der Waals surface area (Å²) in [4.78, 5) is 13.8. The van der Waals surface area contributed by atoms with Crippen molar-refractivity contribution in [1.82, 2.24) is 15.5 Å². The molecular formula is C12H23N3O. The smallest absolute Gasteiger partial charge is 0.234 e. The number of hydrogen-bond acceptors (Lipinski definition) is 3. The predicted octanol–water partition coefficient (Wildman–Crippen LogP) is 0.363. The summed E-state index contributed by atoms with van der Waals surface area (Å²) < 4.78 is 0. The second-order valence-electron chi connectivity index (χ2n) is 4.32.